The molecule has 0 atom stereocenters. The second kappa shape index (κ2) is 6.60. The number of methoxy groups -OCH3 is 1. The molecule has 7 nitrogen and oxygen atoms in total. The quantitative estimate of drug-likeness (QED) is 0.567. The zero-order chi connectivity index (χ0) is 15.2. The number of halogens is 1. The number of ether oxygens (including phenoxy) is 1. The smallest absolute Gasteiger partial charge is 0.158 e. The fourth-order valence-corrected chi connectivity index (χ4v) is 1.71. The molecular formula is C13H13FN6O. The first-order chi connectivity index (χ1) is 10.2. The zero-order valence-corrected chi connectivity index (χ0v) is 11.2. The Kier molecular flexibility index (Phi) is 4.61. The maximum Gasteiger partial charge on any atom is 0.158 e. The molecule has 8 heteroatoms. The minimum absolute atomic E-state index is 0.0911. The van der Waals surface area contributed by atoms with Crippen molar-refractivity contribution in [2.24, 2.45) is 5.84 Å². The molecule has 0 amide bonds. The second-order valence-electron chi connectivity index (χ2n) is 4.03. The van der Waals surface area contributed by atoms with E-state index in [2.05, 4.69) is 20.7 Å². The van der Waals surface area contributed by atoms with Gasteiger partial charge in [0.1, 0.15) is 35.7 Å². The molecule has 0 aliphatic carbocycles. The van der Waals surface area contributed by atoms with Gasteiger partial charge in [0.2, 0.25) is 0 Å². The average molecular weight is 288 g/mol. The summed E-state index contributed by atoms with van der Waals surface area (Å²) in [6.45, 7) is 0.193. The van der Waals surface area contributed by atoms with Crippen molar-refractivity contribution in [3.63, 3.8) is 0 Å². The van der Waals surface area contributed by atoms with Gasteiger partial charge in [-0.15, -0.1) is 0 Å². The molecule has 0 spiro atoms. The normalized spacial score (nSPS) is 10.0. The molecule has 0 unspecified atom stereocenters. The van der Waals surface area contributed by atoms with E-state index >= 15 is 0 Å². The third-order valence-corrected chi connectivity index (χ3v) is 2.58. The van der Waals surface area contributed by atoms with Gasteiger partial charge >= 0.3 is 0 Å². The van der Waals surface area contributed by atoms with E-state index in [0.29, 0.717) is 23.1 Å². The lowest BCUT2D eigenvalue weighted by Gasteiger charge is -2.10. The SMILES string of the molecule is COCc1nc(NN)cc(Nc2cccc(F)c2C#N)n1. The summed E-state index contributed by atoms with van der Waals surface area (Å²) in [5.74, 6) is 5.86. The van der Waals surface area contributed by atoms with E-state index in [4.69, 9.17) is 15.8 Å². The van der Waals surface area contributed by atoms with Crippen LogP contribution in [0.15, 0.2) is 24.3 Å². The predicted octanol–water partition coefficient (Wildman–Crippen LogP) is 1.66. The topological polar surface area (TPSA) is 109 Å². The molecule has 1 aromatic heterocycles. The first-order valence-corrected chi connectivity index (χ1v) is 5.97. The Morgan fingerprint density at radius 2 is 2.14 bits per heavy atom. The number of rotatable bonds is 5. The molecule has 108 valence electrons. The molecule has 0 saturated heterocycles. The van der Waals surface area contributed by atoms with Crippen LogP contribution in [0.2, 0.25) is 0 Å². The zero-order valence-electron chi connectivity index (χ0n) is 11.2. The first kappa shape index (κ1) is 14.6. The minimum Gasteiger partial charge on any atom is -0.377 e. The van der Waals surface area contributed by atoms with Gasteiger partial charge in [0.15, 0.2) is 5.82 Å². The highest BCUT2D eigenvalue weighted by molar-refractivity contribution is 5.66. The number of hydrogen-bond acceptors (Lipinski definition) is 7. The summed E-state index contributed by atoms with van der Waals surface area (Å²) in [5.41, 5.74) is 2.62. The number of aromatic nitrogens is 2. The minimum atomic E-state index is -0.606. The molecule has 1 aromatic carbocycles. The highest BCUT2D eigenvalue weighted by Crippen LogP contribution is 2.22. The van der Waals surface area contributed by atoms with Crippen LogP contribution in [-0.2, 0) is 11.3 Å². The standard InChI is InChI=1S/C13H13FN6O/c1-21-7-13-18-11(5-12(19-13)20-16)17-10-4-2-3-9(14)8(10)6-15/h2-5H,7,16H2,1H3,(H2,17,18,19,20). The molecule has 2 aromatic rings. The Bertz CT molecular complexity index is 685. The average Bonchev–Trinajstić information content (AvgIpc) is 2.47. The number of nitriles is 1. The van der Waals surface area contributed by atoms with Crippen molar-refractivity contribution < 1.29 is 9.13 Å². The van der Waals surface area contributed by atoms with Crippen LogP contribution >= 0.6 is 0 Å². The van der Waals surface area contributed by atoms with Gasteiger partial charge in [0.25, 0.3) is 0 Å². The van der Waals surface area contributed by atoms with Gasteiger partial charge in [-0.2, -0.15) is 5.26 Å². The van der Waals surface area contributed by atoms with Crippen LogP contribution in [0.4, 0.5) is 21.7 Å². The number of benzene rings is 1. The summed E-state index contributed by atoms with van der Waals surface area (Å²) in [7, 11) is 1.51. The molecular weight excluding hydrogens is 275 g/mol. The van der Waals surface area contributed by atoms with Gasteiger partial charge in [-0.3, -0.25) is 0 Å². The van der Waals surface area contributed by atoms with Crippen molar-refractivity contribution >= 4 is 17.3 Å². The van der Waals surface area contributed by atoms with Crippen molar-refractivity contribution in [3.05, 3.63) is 41.5 Å². The highest BCUT2D eigenvalue weighted by atomic mass is 19.1. The maximum absolute atomic E-state index is 13.6. The summed E-state index contributed by atoms with van der Waals surface area (Å²) < 4.78 is 18.5. The second-order valence-corrected chi connectivity index (χ2v) is 4.03. The number of hydrazine groups is 1. The Balaban J connectivity index is 2.37. The van der Waals surface area contributed by atoms with Gasteiger partial charge in [0.05, 0.1) is 5.69 Å². The molecule has 1 heterocycles. The largest absolute Gasteiger partial charge is 0.377 e. The molecule has 0 radical (unpaired) electrons. The van der Waals surface area contributed by atoms with Crippen molar-refractivity contribution in [1.29, 1.82) is 5.26 Å². The van der Waals surface area contributed by atoms with Gasteiger partial charge in [-0.05, 0) is 12.1 Å². The van der Waals surface area contributed by atoms with E-state index in [0.717, 1.165) is 0 Å². The fraction of sp³-hybridized carbons (Fsp3) is 0.154. The van der Waals surface area contributed by atoms with Crippen LogP contribution in [0.25, 0.3) is 0 Å². The molecule has 0 aliphatic rings. The van der Waals surface area contributed by atoms with Crippen molar-refractivity contribution in [1.82, 2.24) is 9.97 Å². The van der Waals surface area contributed by atoms with Crippen molar-refractivity contribution in [3.8, 4) is 6.07 Å². The van der Waals surface area contributed by atoms with E-state index in [1.54, 1.807) is 12.1 Å². The van der Waals surface area contributed by atoms with Crippen LogP contribution in [0.1, 0.15) is 11.4 Å². The molecule has 21 heavy (non-hydrogen) atoms. The van der Waals surface area contributed by atoms with Crippen LogP contribution in [0.5, 0.6) is 0 Å². The lowest BCUT2D eigenvalue weighted by molar-refractivity contribution is 0.178. The van der Waals surface area contributed by atoms with E-state index in [1.807, 2.05) is 0 Å². The summed E-state index contributed by atoms with van der Waals surface area (Å²) >= 11 is 0. The fourth-order valence-electron chi connectivity index (χ4n) is 1.71. The van der Waals surface area contributed by atoms with Crippen LogP contribution in [-0.4, -0.2) is 17.1 Å². The summed E-state index contributed by atoms with van der Waals surface area (Å²) in [6, 6.07) is 7.63. The lowest BCUT2D eigenvalue weighted by Crippen LogP contribution is -2.12. The molecule has 4 N–H and O–H groups in total. The number of hydrogen-bond donors (Lipinski definition) is 3. The number of anilines is 3. The predicted molar refractivity (Wildman–Crippen MR) is 75.0 cm³/mol. The Morgan fingerprint density at radius 1 is 1.38 bits per heavy atom. The van der Waals surface area contributed by atoms with E-state index in [1.165, 1.54) is 25.3 Å². The summed E-state index contributed by atoms with van der Waals surface area (Å²) in [4.78, 5) is 8.29. The van der Waals surface area contributed by atoms with E-state index in [9.17, 15) is 4.39 Å². The van der Waals surface area contributed by atoms with Gasteiger partial charge < -0.3 is 15.5 Å². The third-order valence-electron chi connectivity index (χ3n) is 2.58. The van der Waals surface area contributed by atoms with Crippen molar-refractivity contribution in [2.45, 2.75) is 6.61 Å². The molecule has 2 rings (SSSR count). The number of nitrogens with one attached hydrogen (secondary N) is 2. The Labute approximate surface area is 120 Å². The monoisotopic (exact) mass is 288 g/mol. The Hall–Kier alpha value is -2.76. The highest BCUT2D eigenvalue weighted by Gasteiger charge is 2.10. The van der Waals surface area contributed by atoms with Crippen LogP contribution < -0.4 is 16.6 Å². The van der Waals surface area contributed by atoms with Gasteiger partial charge in [-0.25, -0.2) is 20.2 Å². The van der Waals surface area contributed by atoms with Gasteiger partial charge in [0, 0.05) is 13.2 Å². The van der Waals surface area contributed by atoms with Crippen LogP contribution in [0.3, 0.4) is 0 Å². The lowest BCUT2D eigenvalue weighted by atomic mass is 10.2. The van der Waals surface area contributed by atoms with Crippen molar-refractivity contribution in [2.75, 3.05) is 17.9 Å². The molecule has 0 aliphatic heterocycles. The van der Waals surface area contributed by atoms with Gasteiger partial charge in [-0.1, -0.05) is 6.07 Å². The Morgan fingerprint density at radius 3 is 2.81 bits per heavy atom. The number of nitrogens with two attached hydrogens (primary N) is 1. The number of nitrogens with zero attached hydrogens (tertiary/aromatic N) is 3. The molecule has 0 saturated carbocycles. The number of nitrogen functional groups attached to an aromatic ring is 1. The third kappa shape index (κ3) is 3.42. The van der Waals surface area contributed by atoms with Crippen LogP contribution in [0, 0.1) is 17.1 Å². The molecule has 0 fully saturated rings. The maximum atomic E-state index is 13.6. The molecule has 0 bridgehead atoms. The van der Waals surface area contributed by atoms with E-state index < -0.39 is 5.82 Å². The first-order valence-electron chi connectivity index (χ1n) is 5.97. The summed E-state index contributed by atoms with van der Waals surface area (Å²) in [6.07, 6.45) is 0. The van der Waals surface area contributed by atoms with E-state index in [-0.39, 0.29) is 12.2 Å². The summed E-state index contributed by atoms with van der Waals surface area (Å²) in [5, 5.41) is 11.9.